The fourth-order valence-corrected chi connectivity index (χ4v) is 3.61. The first kappa shape index (κ1) is 26.8. The molecule has 4 aromatic rings. The van der Waals surface area contributed by atoms with Gasteiger partial charge in [0.05, 0.1) is 11.9 Å². The summed E-state index contributed by atoms with van der Waals surface area (Å²) in [5, 5.41) is 4.65. The Labute approximate surface area is 214 Å². The lowest BCUT2D eigenvalue weighted by Gasteiger charge is -2.28. The third-order valence-electron chi connectivity index (χ3n) is 5.78. The summed E-state index contributed by atoms with van der Waals surface area (Å²) in [7, 11) is 4.35. The van der Waals surface area contributed by atoms with E-state index in [0.717, 1.165) is 34.4 Å². The highest BCUT2D eigenvalue weighted by molar-refractivity contribution is 5.76. The van der Waals surface area contributed by atoms with Gasteiger partial charge < -0.3 is 9.80 Å². The van der Waals surface area contributed by atoms with Gasteiger partial charge in [-0.15, -0.1) is 0 Å². The first-order chi connectivity index (χ1) is 17.5. The van der Waals surface area contributed by atoms with Gasteiger partial charge in [-0.05, 0) is 56.8 Å². The van der Waals surface area contributed by atoms with E-state index in [1.54, 1.807) is 22.8 Å². The Balaban J connectivity index is 0.000000305. The van der Waals surface area contributed by atoms with E-state index in [0.29, 0.717) is 5.56 Å². The molecule has 186 valence electrons. The number of aldehydes is 1. The van der Waals surface area contributed by atoms with Crippen molar-refractivity contribution in [2.24, 2.45) is 0 Å². The molecule has 5 rings (SSSR count). The highest BCUT2D eigenvalue weighted by Gasteiger charge is 2.08. The number of carbonyl (C=O) groups excluding carboxylic acids is 1. The van der Waals surface area contributed by atoms with Gasteiger partial charge in [-0.2, -0.15) is 5.10 Å². The normalized spacial score (nSPS) is 13.5. The summed E-state index contributed by atoms with van der Waals surface area (Å²) in [6.07, 6.45) is 2.56. The zero-order valence-electron chi connectivity index (χ0n) is 21.9. The van der Waals surface area contributed by atoms with E-state index < -0.39 is 0 Å². The standard InChI is InChI=1S/C22H15N3O.C6H14N2.C2H6/c1-16-3-2-4-17(13-16)7-10-20-14-23-22-12-11-21(24-25(20)22)19-8-5-18(15-26)6-9-19;1-7-3-5-8(2)6-4-7;1-2/h2-6,8-9,11-15H,1H3;3-6H2,1-2H3;1-2H3. The molecule has 1 saturated heterocycles. The molecule has 0 saturated carbocycles. The van der Waals surface area contributed by atoms with Crippen molar-refractivity contribution in [1.82, 2.24) is 24.4 Å². The first-order valence-corrected chi connectivity index (χ1v) is 12.4. The van der Waals surface area contributed by atoms with Crippen LogP contribution in [0.3, 0.4) is 0 Å². The lowest BCUT2D eigenvalue weighted by atomic mass is 10.1. The van der Waals surface area contributed by atoms with Crippen LogP contribution in [0.1, 0.15) is 41.0 Å². The summed E-state index contributed by atoms with van der Waals surface area (Å²) in [4.78, 5) is 19.9. The average Bonchev–Trinajstić information content (AvgIpc) is 3.33. The fourth-order valence-electron chi connectivity index (χ4n) is 3.61. The van der Waals surface area contributed by atoms with Crippen molar-refractivity contribution in [3.63, 3.8) is 0 Å². The Morgan fingerprint density at radius 1 is 0.861 bits per heavy atom. The van der Waals surface area contributed by atoms with Gasteiger partial charge in [0.25, 0.3) is 0 Å². The molecule has 1 aliphatic heterocycles. The molecule has 6 nitrogen and oxygen atoms in total. The van der Waals surface area contributed by atoms with Crippen molar-refractivity contribution < 1.29 is 4.79 Å². The molecule has 0 N–H and O–H groups in total. The molecule has 3 heterocycles. The van der Waals surface area contributed by atoms with Crippen molar-refractivity contribution in [3.8, 4) is 23.1 Å². The van der Waals surface area contributed by atoms with Crippen LogP contribution in [0.4, 0.5) is 0 Å². The highest BCUT2D eigenvalue weighted by atomic mass is 16.1. The van der Waals surface area contributed by atoms with E-state index in [4.69, 9.17) is 0 Å². The zero-order valence-corrected chi connectivity index (χ0v) is 21.9. The summed E-state index contributed by atoms with van der Waals surface area (Å²) >= 11 is 0. The van der Waals surface area contributed by atoms with Crippen LogP contribution in [0.2, 0.25) is 0 Å². The number of fused-ring (bicyclic) bond motifs is 1. The van der Waals surface area contributed by atoms with Crippen LogP contribution < -0.4 is 0 Å². The van der Waals surface area contributed by atoms with Crippen molar-refractivity contribution in [3.05, 3.63) is 89.2 Å². The van der Waals surface area contributed by atoms with Crippen LogP contribution in [-0.2, 0) is 0 Å². The molecule has 0 radical (unpaired) electrons. The van der Waals surface area contributed by atoms with E-state index in [-0.39, 0.29) is 0 Å². The minimum Gasteiger partial charge on any atom is -0.304 e. The maximum atomic E-state index is 10.8. The fraction of sp³-hybridized carbons (Fsp3) is 0.300. The Bertz CT molecular complexity index is 1310. The average molecular weight is 482 g/mol. The summed E-state index contributed by atoms with van der Waals surface area (Å²) in [6, 6.07) is 19.2. The molecular formula is C30H35N5O. The first-order valence-electron chi connectivity index (χ1n) is 12.4. The summed E-state index contributed by atoms with van der Waals surface area (Å²) in [6.45, 7) is 11.0. The molecule has 0 bridgehead atoms. The SMILES string of the molecule is CC.CN1CCN(C)CC1.Cc1cccc(C#Cc2cnc3ccc(-c4ccc(C=O)cc4)nn23)c1. The second kappa shape index (κ2) is 13.3. The maximum Gasteiger partial charge on any atom is 0.154 e. The van der Waals surface area contributed by atoms with E-state index in [9.17, 15) is 4.79 Å². The summed E-state index contributed by atoms with van der Waals surface area (Å²) < 4.78 is 1.74. The quantitative estimate of drug-likeness (QED) is 0.304. The monoisotopic (exact) mass is 481 g/mol. The number of benzene rings is 2. The minimum atomic E-state index is 0.641. The third-order valence-corrected chi connectivity index (χ3v) is 5.78. The zero-order chi connectivity index (χ0) is 25.9. The molecule has 0 spiro atoms. The molecule has 1 aliphatic rings. The Morgan fingerprint density at radius 3 is 2.14 bits per heavy atom. The number of imidazole rings is 1. The molecule has 2 aromatic heterocycles. The van der Waals surface area contributed by atoms with E-state index in [2.05, 4.69) is 45.8 Å². The van der Waals surface area contributed by atoms with Gasteiger partial charge in [0.15, 0.2) is 5.65 Å². The molecule has 1 fully saturated rings. The van der Waals surface area contributed by atoms with Crippen molar-refractivity contribution in [2.45, 2.75) is 20.8 Å². The second-order valence-corrected chi connectivity index (χ2v) is 8.60. The molecule has 0 aliphatic carbocycles. The van der Waals surface area contributed by atoms with Gasteiger partial charge in [0.2, 0.25) is 0 Å². The molecule has 6 heteroatoms. The number of hydrogen-bond acceptors (Lipinski definition) is 5. The Kier molecular flexibility index (Phi) is 9.93. The molecular weight excluding hydrogens is 446 g/mol. The maximum absolute atomic E-state index is 10.8. The number of nitrogens with zero attached hydrogens (tertiary/aromatic N) is 5. The van der Waals surface area contributed by atoms with E-state index in [1.165, 1.54) is 31.7 Å². The molecule has 2 aromatic carbocycles. The highest BCUT2D eigenvalue weighted by Crippen LogP contribution is 2.18. The molecule has 36 heavy (non-hydrogen) atoms. The van der Waals surface area contributed by atoms with E-state index in [1.807, 2.05) is 69.3 Å². The summed E-state index contributed by atoms with van der Waals surface area (Å²) in [5.74, 6) is 6.31. The van der Waals surface area contributed by atoms with Crippen LogP contribution in [0.5, 0.6) is 0 Å². The molecule has 0 amide bonds. The predicted molar refractivity (Wildman–Crippen MR) is 147 cm³/mol. The Hall–Kier alpha value is -3.79. The Morgan fingerprint density at radius 2 is 1.53 bits per heavy atom. The van der Waals surface area contributed by atoms with Gasteiger partial charge in [-0.1, -0.05) is 56.2 Å². The number of hydrogen-bond donors (Lipinski definition) is 0. The van der Waals surface area contributed by atoms with Crippen LogP contribution in [0.15, 0.2) is 66.9 Å². The van der Waals surface area contributed by atoms with Gasteiger partial charge in [-0.3, -0.25) is 4.79 Å². The van der Waals surface area contributed by atoms with Crippen molar-refractivity contribution >= 4 is 11.9 Å². The van der Waals surface area contributed by atoms with Crippen molar-refractivity contribution in [2.75, 3.05) is 40.3 Å². The van der Waals surface area contributed by atoms with Gasteiger partial charge in [0, 0.05) is 42.9 Å². The van der Waals surface area contributed by atoms with Crippen LogP contribution in [-0.4, -0.2) is 71.0 Å². The van der Waals surface area contributed by atoms with Gasteiger partial charge in [-0.25, -0.2) is 9.50 Å². The number of piperazine rings is 1. The lowest BCUT2D eigenvalue weighted by molar-refractivity contribution is 0.112. The van der Waals surface area contributed by atoms with Crippen molar-refractivity contribution in [1.29, 1.82) is 0 Å². The number of likely N-dealkylation sites (N-methyl/N-ethyl adjacent to an activating group) is 2. The number of carbonyl (C=O) groups is 1. The summed E-state index contributed by atoms with van der Waals surface area (Å²) in [5.41, 5.74) is 5.98. The minimum absolute atomic E-state index is 0.641. The smallest absolute Gasteiger partial charge is 0.154 e. The van der Waals surface area contributed by atoms with E-state index >= 15 is 0 Å². The molecule has 0 atom stereocenters. The molecule has 0 unspecified atom stereocenters. The third kappa shape index (κ3) is 7.35. The van der Waals surface area contributed by atoms with Crippen LogP contribution in [0, 0.1) is 18.8 Å². The number of aromatic nitrogens is 3. The number of rotatable bonds is 2. The van der Waals surface area contributed by atoms with Gasteiger partial charge in [0.1, 0.15) is 12.0 Å². The predicted octanol–water partition coefficient (Wildman–Crippen LogP) is 4.81. The van der Waals surface area contributed by atoms with Gasteiger partial charge >= 0.3 is 0 Å². The lowest BCUT2D eigenvalue weighted by Crippen LogP contribution is -2.42. The van der Waals surface area contributed by atoms with Crippen LogP contribution in [0.25, 0.3) is 16.9 Å². The largest absolute Gasteiger partial charge is 0.304 e. The topological polar surface area (TPSA) is 53.7 Å². The number of aryl methyl sites for hydroxylation is 1. The van der Waals surface area contributed by atoms with Crippen LogP contribution >= 0.6 is 0 Å². The second-order valence-electron chi connectivity index (χ2n) is 8.60.